The zero-order chi connectivity index (χ0) is 14.2. The summed E-state index contributed by atoms with van der Waals surface area (Å²) in [5.74, 6) is 1.72. The molecule has 1 fully saturated rings. The number of ether oxygens (including phenoxy) is 1. The van der Waals surface area contributed by atoms with Crippen LogP contribution in [-0.2, 0) is 5.41 Å². The first-order valence-corrected chi connectivity index (χ1v) is 6.87. The molecule has 0 saturated heterocycles. The Labute approximate surface area is 119 Å². The number of aromatic nitrogens is 2. The quantitative estimate of drug-likeness (QED) is 0.926. The van der Waals surface area contributed by atoms with Gasteiger partial charge in [-0.2, -0.15) is 0 Å². The van der Waals surface area contributed by atoms with E-state index in [1.54, 1.807) is 7.11 Å². The molecule has 1 aromatic heterocycles. The van der Waals surface area contributed by atoms with Gasteiger partial charge in [-0.15, -0.1) is 0 Å². The molecule has 1 aliphatic rings. The van der Waals surface area contributed by atoms with Gasteiger partial charge < -0.3 is 10.5 Å². The molecule has 104 valence electrons. The minimum Gasteiger partial charge on any atom is -0.497 e. The van der Waals surface area contributed by atoms with Crippen LogP contribution in [0, 0.1) is 6.92 Å². The third-order valence-electron chi connectivity index (χ3n) is 3.94. The smallest absolute Gasteiger partial charge is 0.136 e. The predicted octanol–water partition coefficient (Wildman–Crippen LogP) is 2.45. The molecule has 4 nitrogen and oxygen atoms in total. The summed E-state index contributed by atoms with van der Waals surface area (Å²) in [7, 11) is 1.67. The molecule has 2 aromatic rings. The topological polar surface area (TPSA) is 61.0 Å². The molecule has 2 N–H and O–H groups in total. The summed E-state index contributed by atoms with van der Waals surface area (Å²) in [5, 5.41) is 0. The maximum Gasteiger partial charge on any atom is 0.136 e. The number of nitrogens with two attached hydrogens (primary N) is 1. The molecule has 1 heterocycles. The molecule has 1 saturated carbocycles. The Kier molecular flexibility index (Phi) is 3.18. The Morgan fingerprint density at radius 3 is 2.70 bits per heavy atom. The monoisotopic (exact) mass is 269 g/mol. The fraction of sp³-hybridized carbons (Fsp3) is 0.375. The van der Waals surface area contributed by atoms with Crippen molar-refractivity contribution in [1.82, 2.24) is 9.97 Å². The molecule has 0 atom stereocenters. The van der Waals surface area contributed by atoms with Crippen LogP contribution in [0.2, 0.25) is 0 Å². The molecule has 4 heteroatoms. The number of aryl methyl sites for hydroxylation is 1. The highest BCUT2D eigenvalue weighted by Gasteiger charge is 2.46. The summed E-state index contributed by atoms with van der Waals surface area (Å²) in [5.41, 5.74) is 8.86. The molecular weight excluding hydrogens is 250 g/mol. The number of methoxy groups -OCH3 is 1. The number of hydrogen-bond acceptors (Lipinski definition) is 4. The van der Waals surface area contributed by atoms with E-state index < -0.39 is 0 Å². The van der Waals surface area contributed by atoms with Crippen LogP contribution < -0.4 is 10.5 Å². The van der Waals surface area contributed by atoms with Crippen LogP contribution >= 0.6 is 0 Å². The van der Waals surface area contributed by atoms with Crippen molar-refractivity contribution in [3.63, 3.8) is 0 Å². The molecule has 0 bridgehead atoms. The molecule has 20 heavy (non-hydrogen) atoms. The van der Waals surface area contributed by atoms with E-state index in [1.807, 2.05) is 37.3 Å². The number of benzene rings is 1. The van der Waals surface area contributed by atoms with Gasteiger partial charge in [0.15, 0.2) is 0 Å². The lowest BCUT2D eigenvalue weighted by molar-refractivity contribution is 0.415. The van der Waals surface area contributed by atoms with Crippen molar-refractivity contribution in [1.29, 1.82) is 0 Å². The molecule has 0 radical (unpaired) electrons. The Bertz CT molecular complexity index is 635. The van der Waals surface area contributed by atoms with Crippen LogP contribution in [0.25, 0.3) is 11.3 Å². The van der Waals surface area contributed by atoms with Crippen molar-refractivity contribution in [2.75, 3.05) is 13.7 Å². The maximum atomic E-state index is 5.89. The largest absolute Gasteiger partial charge is 0.497 e. The van der Waals surface area contributed by atoms with E-state index in [0.29, 0.717) is 6.54 Å². The van der Waals surface area contributed by atoms with Crippen molar-refractivity contribution in [2.45, 2.75) is 25.2 Å². The van der Waals surface area contributed by atoms with Crippen LogP contribution in [0.1, 0.15) is 24.4 Å². The molecule has 1 aromatic carbocycles. The minimum absolute atomic E-state index is 0.0135. The summed E-state index contributed by atoms with van der Waals surface area (Å²) in [6.45, 7) is 2.62. The molecule has 0 amide bonds. The lowest BCUT2D eigenvalue weighted by Gasteiger charge is -2.13. The van der Waals surface area contributed by atoms with E-state index in [0.717, 1.165) is 41.4 Å². The Morgan fingerprint density at radius 2 is 2.05 bits per heavy atom. The second-order valence-electron chi connectivity index (χ2n) is 5.43. The maximum absolute atomic E-state index is 5.89. The van der Waals surface area contributed by atoms with Gasteiger partial charge in [-0.25, -0.2) is 9.97 Å². The summed E-state index contributed by atoms with van der Waals surface area (Å²) < 4.78 is 5.27. The van der Waals surface area contributed by atoms with Gasteiger partial charge in [-0.1, -0.05) is 12.1 Å². The van der Waals surface area contributed by atoms with E-state index in [1.165, 1.54) is 0 Å². The third kappa shape index (κ3) is 2.27. The molecule has 0 unspecified atom stereocenters. The van der Waals surface area contributed by atoms with Crippen molar-refractivity contribution in [2.24, 2.45) is 5.73 Å². The second-order valence-corrected chi connectivity index (χ2v) is 5.43. The van der Waals surface area contributed by atoms with Gasteiger partial charge in [0.2, 0.25) is 0 Å². The lowest BCUT2D eigenvalue weighted by atomic mass is 10.1. The standard InChI is InChI=1S/C16H19N3O/c1-11-8-14(12-4-3-5-13(9-12)20-2)19-15(18-11)16(10-17)6-7-16/h3-5,8-9H,6-7,10,17H2,1-2H3. The zero-order valence-electron chi connectivity index (χ0n) is 11.9. The van der Waals surface area contributed by atoms with Gasteiger partial charge in [0.25, 0.3) is 0 Å². The van der Waals surface area contributed by atoms with Crippen molar-refractivity contribution < 1.29 is 4.74 Å². The molecule has 3 rings (SSSR count). The summed E-state index contributed by atoms with van der Waals surface area (Å²) in [4.78, 5) is 9.32. The van der Waals surface area contributed by atoms with Crippen LogP contribution in [0.4, 0.5) is 0 Å². The van der Waals surface area contributed by atoms with Crippen LogP contribution in [0.15, 0.2) is 30.3 Å². The average molecular weight is 269 g/mol. The Hall–Kier alpha value is -1.94. The number of rotatable bonds is 4. The van der Waals surface area contributed by atoms with E-state index in [9.17, 15) is 0 Å². The molecule has 1 aliphatic carbocycles. The molecule has 0 aliphatic heterocycles. The van der Waals surface area contributed by atoms with E-state index >= 15 is 0 Å². The summed E-state index contributed by atoms with van der Waals surface area (Å²) >= 11 is 0. The van der Waals surface area contributed by atoms with Crippen LogP contribution in [0.3, 0.4) is 0 Å². The zero-order valence-corrected chi connectivity index (χ0v) is 11.9. The first-order chi connectivity index (χ1) is 9.66. The van der Waals surface area contributed by atoms with Crippen molar-refractivity contribution in [3.8, 4) is 17.0 Å². The van der Waals surface area contributed by atoms with E-state index in [-0.39, 0.29) is 5.41 Å². The highest BCUT2D eigenvalue weighted by atomic mass is 16.5. The van der Waals surface area contributed by atoms with Crippen molar-refractivity contribution >= 4 is 0 Å². The van der Waals surface area contributed by atoms with Gasteiger partial charge in [0.05, 0.1) is 12.8 Å². The number of hydrogen-bond donors (Lipinski definition) is 1. The van der Waals surface area contributed by atoms with Crippen LogP contribution in [-0.4, -0.2) is 23.6 Å². The molecule has 0 spiro atoms. The van der Waals surface area contributed by atoms with Gasteiger partial charge in [-0.3, -0.25) is 0 Å². The third-order valence-corrected chi connectivity index (χ3v) is 3.94. The summed E-state index contributed by atoms with van der Waals surface area (Å²) in [6, 6.07) is 9.94. The van der Waals surface area contributed by atoms with Gasteiger partial charge in [0.1, 0.15) is 11.6 Å². The summed E-state index contributed by atoms with van der Waals surface area (Å²) in [6.07, 6.45) is 2.18. The lowest BCUT2D eigenvalue weighted by Crippen LogP contribution is -2.23. The van der Waals surface area contributed by atoms with Gasteiger partial charge >= 0.3 is 0 Å². The second kappa shape index (κ2) is 4.87. The SMILES string of the molecule is COc1cccc(-c2cc(C)nc(C3(CN)CC3)n2)c1. The van der Waals surface area contributed by atoms with Crippen molar-refractivity contribution in [3.05, 3.63) is 41.9 Å². The Balaban J connectivity index is 2.05. The average Bonchev–Trinajstić information content (AvgIpc) is 3.28. The fourth-order valence-corrected chi connectivity index (χ4v) is 2.41. The van der Waals surface area contributed by atoms with Gasteiger partial charge in [-0.05, 0) is 38.0 Å². The first kappa shape index (κ1) is 13.1. The number of nitrogens with zero attached hydrogens (tertiary/aromatic N) is 2. The first-order valence-electron chi connectivity index (χ1n) is 6.87. The van der Waals surface area contributed by atoms with Crippen LogP contribution in [0.5, 0.6) is 5.75 Å². The molecular formula is C16H19N3O. The minimum atomic E-state index is 0.0135. The van der Waals surface area contributed by atoms with E-state index in [2.05, 4.69) is 4.98 Å². The Morgan fingerprint density at radius 1 is 1.25 bits per heavy atom. The predicted molar refractivity (Wildman–Crippen MR) is 78.7 cm³/mol. The highest BCUT2D eigenvalue weighted by Crippen LogP contribution is 2.45. The highest BCUT2D eigenvalue weighted by molar-refractivity contribution is 5.61. The van der Waals surface area contributed by atoms with Gasteiger partial charge in [0, 0.05) is 23.2 Å². The van der Waals surface area contributed by atoms with E-state index in [4.69, 9.17) is 15.5 Å². The normalized spacial score (nSPS) is 15.9. The fourth-order valence-electron chi connectivity index (χ4n) is 2.41.